The fraction of sp³-hybridized carbons (Fsp3) is 0.211. The number of nitrogens with zero attached hydrogens (tertiary/aromatic N) is 1. The summed E-state index contributed by atoms with van der Waals surface area (Å²) in [5.74, 6) is 8.87. The number of benzene rings is 1. The van der Waals surface area contributed by atoms with E-state index in [9.17, 15) is 18.4 Å². The zero-order valence-corrected chi connectivity index (χ0v) is 15.9. The van der Waals surface area contributed by atoms with Gasteiger partial charge in [0.2, 0.25) is 0 Å². The maximum Gasteiger partial charge on any atom is 0.268 e. The third-order valence-corrected chi connectivity index (χ3v) is 4.46. The molecular formula is C19H16F2N4O3S. The number of carbonyl (C=O) groups is 2. The average Bonchev–Trinajstić information content (AvgIpc) is 3.22. The fourth-order valence-electron chi connectivity index (χ4n) is 2.09. The first-order chi connectivity index (χ1) is 13.8. The second kappa shape index (κ2) is 9.75. The van der Waals surface area contributed by atoms with Gasteiger partial charge in [0.1, 0.15) is 11.6 Å². The highest BCUT2D eigenvalue weighted by Crippen LogP contribution is 2.18. The van der Waals surface area contributed by atoms with E-state index in [0.29, 0.717) is 5.56 Å². The molecule has 1 aromatic heterocycles. The highest BCUT2D eigenvalue weighted by atomic mass is 32.1. The Morgan fingerprint density at radius 2 is 1.90 bits per heavy atom. The van der Waals surface area contributed by atoms with Crippen molar-refractivity contribution in [2.75, 3.05) is 0 Å². The normalized spacial score (nSPS) is 13.2. The number of thiazole rings is 1. The Morgan fingerprint density at radius 1 is 1.24 bits per heavy atom. The van der Waals surface area contributed by atoms with E-state index in [1.165, 1.54) is 41.1 Å². The van der Waals surface area contributed by atoms with E-state index >= 15 is 0 Å². The lowest BCUT2D eigenvalue weighted by Crippen LogP contribution is -2.66. The van der Waals surface area contributed by atoms with Crippen molar-refractivity contribution >= 4 is 23.2 Å². The van der Waals surface area contributed by atoms with Crippen LogP contribution < -0.4 is 16.5 Å². The van der Waals surface area contributed by atoms with Gasteiger partial charge in [-0.3, -0.25) is 19.8 Å². The lowest BCUT2D eigenvalue weighted by Gasteiger charge is -2.32. The molecule has 10 heteroatoms. The van der Waals surface area contributed by atoms with Gasteiger partial charge >= 0.3 is 0 Å². The van der Waals surface area contributed by atoms with E-state index in [1.807, 2.05) is 0 Å². The van der Waals surface area contributed by atoms with Crippen molar-refractivity contribution in [2.24, 2.45) is 5.73 Å². The van der Waals surface area contributed by atoms with E-state index in [1.54, 1.807) is 11.7 Å². The lowest BCUT2D eigenvalue weighted by atomic mass is 9.92. The summed E-state index contributed by atoms with van der Waals surface area (Å²) in [5.41, 5.74) is 6.61. The average molecular weight is 418 g/mol. The van der Waals surface area contributed by atoms with Crippen LogP contribution in [0.2, 0.25) is 0 Å². The Balaban J connectivity index is 2.10. The van der Waals surface area contributed by atoms with Crippen molar-refractivity contribution in [3.05, 3.63) is 52.0 Å². The molecule has 2 atom stereocenters. The molecule has 5 N–H and O–H groups in total. The van der Waals surface area contributed by atoms with Crippen LogP contribution in [-0.2, 0) is 4.79 Å². The summed E-state index contributed by atoms with van der Waals surface area (Å²) in [4.78, 5) is 28.7. The molecule has 2 rings (SSSR count). The Kier molecular flexibility index (Phi) is 7.39. The van der Waals surface area contributed by atoms with Crippen LogP contribution in [0.3, 0.4) is 0 Å². The molecule has 0 saturated carbocycles. The van der Waals surface area contributed by atoms with Crippen molar-refractivity contribution in [2.45, 2.75) is 24.9 Å². The molecule has 7 nitrogen and oxygen atoms in total. The third-order valence-electron chi connectivity index (χ3n) is 3.77. The van der Waals surface area contributed by atoms with Gasteiger partial charge in [-0.25, -0.2) is 14.3 Å². The highest BCUT2D eigenvalue weighted by molar-refractivity contribution is 7.10. The molecule has 0 bridgehead atoms. The molecule has 2 amide bonds. The van der Waals surface area contributed by atoms with Crippen LogP contribution in [0.25, 0.3) is 0 Å². The molecule has 1 aromatic carbocycles. The quantitative estimate of drug-likeness (QED) is 0.330. The van der Waals surface area contributed by atoms with Crippen LogP contribution in [0.4, 0.5) is 8.78 Å². The Bertz CT molecular complexity index is 984. The lowest BCUT2D eigenvalue weighted by molar-refractivity contribution is -0.134. The number of aromatic nitrogens is 1. The predicted octanol–water partition coefficient (Wildman–Crippen LogP) is 1.13. The molecular weight excluding hydrogens is 402 g/mol. The van der Waals surface area contributed by atoms with Crippen molar-refractivity contribution < 1.29 is 23.6 Å². The van der Waals surface area contributed by atoms with Crippen molar-refractivity contribution in [1.29, 1.82) is 0 Å². The third kappa shape index (κ3) is 5.83. The van der Waals surface area contributed by atoms with Gasteiger partial charge in [0.25, 0.3) is 18.2 Å². The van der Waals surface area contributed by atoms with Crippen LogP contribution in [0.5, 0.6) is 0 Å². The smallest absolute Gasteiger partial charge is 0.268 e. The van der Waals surface area contributed by atoms with Gasteiger partial charge in [0.05, 0.1) is 16.6 Å². The minimum atomic E-state index is -3.13. The first kappa shape index (κ1) is 22.0. The standard InChI is InChI=1S/C19H16F2N4O3S/c1-19(22,18(20)21)15(17(27)25-28)24-16(26)13-8-6-12(7-9-13)4-2-3-5-14-10-23-11-29-14/h6-11,15,18,28H,22H2,1H3,(H,24,26)(H,25,27). The number of alkyl halides is 2. The van der Waals surface area contributed by atoms with Gasteiger partial charge in [-0.05, 0) is 49.0 Å². The molecule has 150 valence electrons. The first-order valence-electron chi connectivity index (χ1n) is 8.08. The summed E-state index contributed by atoms with van der Waals surface area (Å²) in [6, 6.07) is 4.01. The summed E-state index contributed by atoms with van der Waals surface area (Å²) in [6.45, 7) is 0.893. The second-order valence-corrected chi connectivity index (χ2v) is 6.88. The van der Waals surface area contributed by atoms with Crippen LogP contribution in [0.15, 0.2) is 36.0 Å². The van der Waals surface area contributed by atoms with Crippen LogP contribution in [0, 0.1) is 23.7 Å². The molecule has 0 fully saturated rings. The number of amides is 2. The number of carbonyl (C=O) groups excluding carboxylic acids is 2. The van der Waals surface area contributed by atoms with Crippen molar-refractivity contribution in [3.63, 3.8) is 0 Å². The molecule has 0 radical (unpaired) electrons. The number of nitrogens with two attached hydrogens (primary N) is 1. The SMILES string of the molecule is CC(N)(C(F)F)C(NC(=O)c1ccc(C#CC#Cc2cncs2)cc1)C(=O)NO. The molecule has 2 aromatic rings. The van der Waals surface area contributed by atoms with E-state index in [-0.39, 0.29) is 5.56 Å². The van der Waals surface area contributed by atoms with Gasteiger partial charge in [-0.2, -0.15) is 0 Å². The number of hydroxylamine groups is 1. The highest BCUT2D eigenvalue weighted by Gasteiger charge is 2.44. The fourth-order valence-corrected chi connectivity index (χ4v) is 2.55. The molecule has 29 heavy (non-hydrogen) atoms. The van der Waals surface area contributed by atoms with Gasteiger partial charge in [-0.15, -0.1) is 11.3 Å². The molecule has 1 heterocycles. The Hall–Kier alpha value is -3.31. The van der Waals surface area contributed by atoms with Crippen LogP contribution in [-0.4, -0.2) is 40.0 Å². The predicted molar refractivity (Wildman–Crippen MR) is 102 cm³/mol. The Morgan fingerprint density at radius 3 is 2.45 bits per heavy atom. The molecule has 0 spiro atoms. The summed E-state index contributed by atoms with van der Waals surface area (Å²) in [5, 5.41) is 10.9. The Labute approximate surface area is 169 Å². The number of hydrogen-bond acceptors (Lipinski definition) is 6. The zero-order valence-electron chi connectivity index (χ0n) is 15.1. The van der Waals surface area contributed by atoms with Crippen LogP contribution in [0.1, 0.15) is 27.7 Å². The van der Waals surface area contributed by atoms with Gasteiger partial charge in [-0.1, -0.05) is 5.92 Å². The summed E-state index contributed by atoms with van der Waals surface area (Å²) in [7, 11) is 0. The molecule has 0 saturated heterocycles. The van der Waals surface area contributed by atoms with Gasteiger partial charge in [0, 0.05) is 11.1 Å². The number of hydrogen-bond donors (Lipinski definition) is 4. The molecule has 0 aliphatic carbocycles. The van der Waals surface area contributed by atoms with E-state index < -0.39 is 29.8 Å². The minimum Gasteiger partial charge on any atom is -0.338 e. The number of rotatable bonds is 5. The van der Waals surface area contributed by atoms with E-state index in [4.69, 9.17) is 10.9 Å². The largest absolute Gasteiger partial charge is 0.338 e. The summed E-state index contributed by atoms with van der Waals surface area (Å²) >= 11 is 1.39. The molecule has 0 aliphatic rings. The topological polar surface area (TPSA) is 117 Å². The van der Waals surface area contributed by atoms with Crippen LogP contribution >= 0.6 is 11.3 Å². The van der Waals surface area contributed by atoms with E-state index in [0.717, 1.165) is 11.8 Å². The maximum atomic E-state index is 13.1. The zero-order chi connectivity index (χ0) is 21.4. The molecule has 2 unspecified atom stereocenters. The second-order valence-electron chi connectivity index (χ2n) is 5.99. The number of nitrogens with one attached hydrogen (secondary N) is 2. The first-order valence-corrected chi connectivity index (χ1v) is 8.96. The summed E-state index contributed by atoms with van der Waals surface area (Å²) in [6.07, 6.45) is -1.51. The van der Waals surface area contributed by atoms with E-state index in [2.05, 4.69) is 34.0 Å². The maximum absolute atomic E-state index is 13.1. The van der Waals surface area contributed by atoms with Crippen molar-refractivity contribution in [3.8, 4) is 23.7 Å². The number of halogens is 2. The monoisotopic (exact) mass is 418 g/mol. The molecule has 0 aliphatic heterocycles. The van der Waals surface area contributed by atoms with Gasteiger partial charge < -0.3 is 11.1 Å². The van der Waals surface area contributed by atoms with Gasteiger partial charge in [0.15, 0.2) is 0 Å². The summed E-state index contributed by atoms with van der Waals surface area (Å²) < 4.78 is 26.3. The van der Waals surface area contributed by atoms with Crippen molar-refractivity contribution in [1.82, 2.24) is 15.8 Å². The minimum absolute atomic E-state index is 0.0899.